The summed E-state index contributed by atoms with van der Waals surface area (Å²) in [4.78, 5) is 24.4. The average molecular weight is 330 g/mol. The second-order valence-electron chi connectivity index (χ2n) is 9.97. The zero-order valence-electron chi connectivity index (χ0n) is 15.3. The molecule has 0 amide bonds. The van der Waals surface area contributed by atoms with Crippen LogP contribution in [0.25, 0.3) is 0 Å². The van der Waals surface area contributed by atoms with E-state index in [2.05, 4.69) is 13.8 Å². The molecule has 3 nitrogen and oxygen atoms in total. The summed E-state index contributed by atoms with van der Waals surface area (Å²) in [7, 11) is 0. The van der Waals surface area contributed by atoms with E-state index < -0.39 is 0 Å². The summed E-state index contributed by atoms with van der Waals surface area (Å²) in [6, 6.07) is 0. The predicted molar refractivity (Wildman–Crippen MR) is 90.4 cm³/mol. The van der Waals surface area contributed by atoms with Crippen molar-refractivity contribution >= 4 is 11.6 Å². The number of ketones is 2. The lowest BCUT2D eigenvalue weighted by molar-refractivity contribution is -0.137. The smallest absolute Gasteiger partial charge is 0.164 e. The minimum absolute atomic E-state index is 0.0842. The fraction of sp³-hybridized carbons (Fsp3) is 0.905. The van der Waals surface area contributed by atoms with Gasteiger partial charge in [0.15, 0.2) is 5.78 Å². The van der Waals surface area contributed by atoms with Gasteiger partial charge in [-0.2, -0.15) is 0 Å². The van der Waals surface area contributed by atoms with Crippen molar-refractivity contribution in [2.45, 2.75) is 83.8 Å². The van der Waals surface area contributed by atoms with Crippen LogP contribution in [0.4, 0.5) is 0 Å². The lowest BCUT2D eigenvalue weighted by atomic mass is 9.44. The van der Waals surface area contributed by atoms with Crippen LogP contribution in [0.2, 0.25) is 0 Å². The van der Waals surface area contributed by atoms with Crippen LogP contribution in [0.3, 0.4) is 0 Å². The van der Waals surface area contributed by atoms with Gasteiger partial charge in [0.1, 0.15) is 17.5 Å². The van der Waals surface area contributed by atoms with Crippen molar-refractivity contribution in [3.8, 4) is 0 Å². The molecule has 4 aliphatic carbocycles. The van der Waals surface area contributed by atoms with E-state index >= 15 is 0 Å². The number of epoxide rings is 1. The molecule has 1 unspecified atom stereocenters. The van der Waals surface area contributed by atoms with Gasteiger partial charge in [0.2, 0.25) is 0 Å². The molecule has 0 bridgehead atoms. The Hall–Kier alpha value is -0.700. The standard InChI is InChI=1S/C21H30O3/c1-12(22)14-4-5-15-13-6-11-21-18(24-21)17(23)8-10-20(21,3)16(13)7-9-19(14,15)2/h13-16,18H,4-11H2,1-3H3/t13-,14+,15-,16-,18?,19+,20+,21-/m0/s1. The quantitative estimate of drug-likeness (QED) is 0.684. The Morgan fingerprint density at radius 1 is 1.04 bits per heavy atom. The van der Waals surface area contributed by atoms with Gasteiger partial charge in [0.05, 0.1) is 0 Å². The Morgan fingerprint density at radius 3 is 2.58 bits per heavy atom. The highest BCUT2D eigenvalue weighted by molar-refractivity contribution is 5.88. The monoisotopic (exact) mass is 330 g/mol. The topological polar surface area (TPSA) is 46.7 Å². The molecule has 5 aliphatic rings. The zero-order valence-corrected chi connectivity index (χ0v) is 15.3. The molecular weight excluding hydrogens is 300 g/mol. The fourth-order valence-corrected chi connectivity index (χ4v) is 8.17. The summed E-state index contributed by atoms with van der Waals surface area (Å²) in [5.74, 6) is 3.17. The summed E-state index contributed by atoms with van der Waals surface area (Å²) in [5.41, 5.74) is 0.294. The van der Waals surface area contributed by atoms with Gasteiger partial charge in [-0.3, -0.25) is 9.59 Å². The highest BCUT2D eigenvalue weighted by Crippen LogP contribution is 2.72. The molecule has 0 aromatic heterocycles. The zero-order chi connectivity index (χ0) is 16.9. The Balaban J connectivity index is 1.49. The van der Waals surface area contributed by atoms with Gasteiger partial charge in [-0.25, -0.2) is 0 Å². The Labute approximate surface area is 144 Å². The van der Waals surface area contributed by atoms with E-state index in [4.69, 9.17) is 4.74 Å². The summed E-state index contributed by atoms with van der Waals surface area (Å²) < 4.78 is 6.13. The lowest BCUT2D eigenvalue weighted by Gasteiger charge is -2.59. The van der Waals surface area contributed by atoms with Crippen LogP contribution in [-0.2, 0) is 14.3 Å². The van der Waals surface area contributed by atoms with Gasteiger partial charge >= 0.3 is 0 Å². The summed E-state index contributed by atoms with van der Waals surface area (Å²) in [6.07, 6.45) is 8.66. The normalized spacial score (nSPS) is 58.3. The van der Waals surface area contributed by atoms with Gasteiger partial charge in [0, 0.05) is 17.8 Å². The van der Waals surface area contributed by atoms with Crippen molar-refractivity contribution in [1.82, 2.24) is 0 Å². The molecule has 1 aliphatic heterocycles. The Bertz CT molecular complexity index is 627. The van der Waals surface area contributed by atoms with Crippen LogP contribution in [-0.4, -0.2) is 23.3 Å². The second-order valence-corrected chi connectivity index (χ2v) is 9.97. The molecule has 1 spiro atoms. The van der Waals surface area contributed by atoms with Gasteiger partial charge in [-0.1, -0.05) is 13.8 Å². The number of hydrogen-bond acceptors (Lipinski definition) is 3. The van der Waals surface area contributed by atoms with Crippen LogP contribution in [0.15, 0.2) is 0 Å². The lowest BCUT2D eigenvalue weighted by Crippen LogP contribution is -2.58. The first-order valence-corrected chi connectivity index (χ1v) is 10.0. The average Bonchev–Trinajstić information content (AvgIpc) is 3.17. The number of ether oxygens (including phenoxy) is 1. The minimum atomic E-state index is -0.115. The molecule has 0 N–H and O–H groups in total. The van der Waals surface area contributed by atoms with Crippen molar-refractivity contribution < 1.29 is 14.3 Å². The summed E-state index contributed by atoms with van der Waals surface area (Å²) in [6.45, 7) is 6.63. The second kappa shape index (κ2) is 4.52. The molecule has 5 rings (SSSR count). The first-order chi connectivity index (χ1) is 11.3. The SMILES string of the molecule is CC(=O)[C@H]1CC[C@H]2[C@@H]3CC[C@]45OC4C(=O)CC[C@]5(C)[C@H]3CC[C@]12C. The maximum atomic E-state index is 12.2. The van der Waals surface area contributed by atoms with Crippen molar-refractivity contribution in [2.24, 2.45) is 34.5 Å². The first kappa shape index (κ1) is 15.5. The van der Waals surface area contributed by atoms with Crippen molar-refractivity contribution in [1.29, 1.82) is 0 Å². The molecular formula is C21H30O3. The fourth-order valence-electron chi connectivity index (χ4n) is 8.17. The van der Waals surface area contributed by atoms with E-state index in [9.17, 15) is 9.59 Å². The number of rotatable bonds is 1. The number of Topliss-reactive ketones (excluding diaryl/α,β-unsaturated/α-hetero) is 2. The maximum absolute atomic E-state index is 12.2. The third-order valence-electron chi connectivity index (χ3n) is 9.44. The van der Waals surface area contributed by atoms with E-state index in [1.165, 1.54) is 25.7 Å². The van der Waals surface area contributed by atoms with Gasteiger partial charge < -0.3 is 4.74 Å². The van der Waals surface area contributed by atoms with Crippen LogP contribution in [0.1, 0.15) is 72.1 Å². The Morgan fingerprint density at radius 2 is 1.83 bits per heavy atom. The maximum Gasteiger partial charge on any atom is 0.164 e. The van der Waals surface area contributed by atoms with E-state index in [0.717, 1.165) is 25.2 Å². The van der Waals surface area contributed by atoms with E-state index in [0.29, 0.717) is 29.8 Å². The largest absolute Gasteiger partial charge is 0.357 e. The third kappa shape index (κ3) is 1.59. The molecule has 0 radical (unpaired) electrons. The molecule has 1 heterocycles. The van der Waals surface area contributed by atoms with E-state index in [1.54, 1.807) is 6.92 Å². The van der Waals surface area contributed by atoms with Crippen LogP contribution >= 0.6 is 0 Å². The predicted octanol–water partition coefficient (Wildman–Crippen LogP) is 3.93. The van der Waals surface area contributed by atoms with E-state index in [1.807, 2.05) is 0 Å². The first-order valence-electron chi connectivity index (χ1n) is 10.0. The molecule has 4 saturated carbocycles. The number of fused-ring (bicyclic) bond motifs is 4. The van der Waals surface area contributed by atoms with Crippen molar-refractivity contribution in [3.63, 3.8) is 0 Å². The van der Waals surface area contributed by atoms with Gasteiger partial charge in [-0.15, -0.1) is 0 Å². The molecule has 0 aromatic carbocycles. The highest BCUT2D eigenvalue weighted by Gasteiger charge is 2.76. The molecule has 3 heteroatoms. The van der Waals surface area contributed by atoms with E-state index in [-0.39, 0.29) is 28.5 Å². The molecule has 8 atom stereocenters. The number of carbonyl (C=O) groups is 2. The minimum Gasteiger partial charge on any atom is -0.357 e. The van der Waals surface area contributed by atoms with Crippen molar-refractivity contribution in [2.75, 3.05) is 0 Å². The molecule has 132 valence electrons. The van der Waals surface area contributed by atoms with Crippen LogP contribution in [0.5, 0.6) is 0 Å². The van der Waals surface area contributed by atoms with Gasteiger partial charge in [0.25, 0.3) is 0 Å². The molecule has 0 aromatic rings. The van der Waals surface area contributed by atoms with Gasteiger partial charge in [-0.05, 0) is 75.0 Å². The molecule has 24 heavy (non-hydrogen) atoms. The summed E-state index contributed by atoms with van der Waals surface area (Å²) >= 11 is 0. The Kier molecular flexibility index (Phi) is 2.93. The van der Waals surface area contributed by atoms with Crippen LogP contribution in [0, 0.1) is 34.5 Å². The number of carbonyl (C=O) groups excluding carboxylic acids is 2. The van der Waals surface area contributed by atoms with Crippen molar-refractivity contribution in [3.05, 3.63) is 0 Å². The summed E-state index contributed by atoms with van der Waals surface area (Å²) in [5, 5.41) is 0. The number of hydrogen-bond donors (Lipinski definition) is 0. The van der Waals surface area contributed by atoms with Crippen LogP contribution < -0.4 is 0 Å². The highest BCUT2D eigenvalue weighted by atomic mass is 16.6. The molecule has 1 saturated heterocycles. The molecule has 5 fully saturated rings. The third-order valence-corrected chi connectivity index (χ3v) is 9.44.